The van der Waals surface area contributed by atoms with E-state index in [2.05, 4.69) is 15.5 Å². The van der Waals surface area contributed by atoms with Crippen LogP contribution in [-0.2, 0) is 11.3 Å². The maximum atomic E-state index is 12.7. The number of carbonyl (C=O) groups is 2. The van der Waals surface area contributed by atoms with Gasteiger partial charge in [-0.1, -0.05) is 25.1 Å². The van der Waals surface area contributed by atoms with E-state index >= 15 is 0 Å². The van der Waals surface area contributed by atoms with Crippen LogP contribution in [0.25, 0.3) is 10.9 Å². The molecule has 0 unspecified atom stereocenters. The van der Waals surface area contributed by atoms with E-state index in [0.717, 1.165) is 10.9 Å². The van der Waals surface area contributed by atoms with E-state index in [0.29, 0.717) is 23.8 Å². The van der Waals surface area contributed by atoms with Crippen molar-refractivity contribution in [2.45, 2.75) is 39.8 Å². The second-order valence-electron chi connectivity index (χ2n) is 5.88. The normalized spacial score (nSPS) is 12.3. The van der Waals surface area contributed by atoms with Gasteiger partial charge in [0.1, 0.15) is 6.04 Å². The molecule has 1 amide bonds. The van der Waals surface area contributed by atoms with Crippen molar-refractivity contribution in [1.82, 2.24) is 20.1 Å². The first-order chi connectivity index (χ1) is 12.0. The Morgan fingerprint density at radius 2 is 2.04 bits per heavy atom. The molecule has 1 atom stereocenters. The number of rotatable bonds is 6. The summed E-state index contributed by atoms with van der Waals surface area (Å²) in [7, 11) is 0. The Labute approximate surface area is 145 Å². The van der Waals surface area contributed by atoms with Crippen LogP contribution in [0.5, 0.6) is 0 Å². The molecule has 0 aliphatic heterocycles. The summed E-state index contributed by atoms with van der Waals surface area (Å²) >= 11 is 0. The molecule has 0 fully saturated rings. The number of nitrogens with one attached hydrogen (secondary N) is 1. The summed E-state index contributed by atoms with van der Waals surface area (Å²) < 4.78 is 7.13. The Kier molecular flexibility index (Phi) is 4.65. The van der Waals surface area contributed by atoms with Gasteiger partial charge in [-0.15, -0.1) is 10.2 Å². The third-order valence-electron chi connectivity index (χ3n) is 4.13. The number of nitrogens with zero attached hydrogens (tertiary/aromatic N) is 3. The molecule has 0 aliphatic carbocycles. The second-order valence-corrected chi connectivity index (χ2v) is 5.88. The number of fused-ring (bicyclic) bond motifs is 1. The number of aryl methyl sites for hydroxylation is 1. The number of Topliss-reactive ketones (excluding diaryl/α,β-unsaturated/α-hetero) is 1. The molecule has 0 saturated heterocycles. The summed E-state index contributed by atoms with van der Waals surface area (Å²) in [6.45, 7) is 5.34. The van der Waals surface area contributed by atoms with Crippen LogP contribution in [0.3, 0.4) is 0 Å². The van der Waals surface area contributed by atoms with Gasteiger partial charge in [-0.05, 0) is 19.4 Å². The quantitative estimate of drug-likeness (QED) is 0.697. The van der Waals surface area contributed by atoms with Crippen LogP contribution >= 0.6 is 0 Å². The first-order valence-electron chi connectivity index (χ1n) is 8.18. The Morgan fingerprint density at radius 1 is 1.28 bits per heavy atom. The summed E-state index contributed by atoms with van der Waals surface area (Å²) in [5.41, 5.74) is 1.48. The molecule has 2 aromatic heterocycles. The molecular weight excluding hydrogens is 320 g/mol. The Balaban J connectivity index is 1.88. The number of aromatic nitrogens is 3. The first-order valence-corrected chi connectivity index (χ1v) is 8.18. The van der Waals surface area contributed by atoms with E-state index in [4.69, 9.17) is 4.42 Å². The molecule has 1 N–H and O–H groups in total. The van der Waals surface area contributed by atoms with Crippen LogP contribution in [0.1, 0.15) is 48.4 Å². The molecule has 3 aromatic rings. The van der Waals surface area contributed by atoms with Crippen LogP contribution < -0.4 is 5.32 Å². The number of benzene rings is 1. The average Bonchev–Trinajstić information content (AvgIpc) is 3.18. The minimum absolute atomic E-state index is 0.0217. The third-order valence-corrected chi connectivity index (χ3v) is 4.13. The van der Waals surface area contributed by atoms with Crippen LogP contribution in [0.15, 0.2) is 34.9 Å². The number of para-hydroxylation sites is 1. The van der Waals surface area contributed by atoms with Crippen molar-refractivity contribution >= 4 is 22.6 Å². The zero-order valence-corrected chi connectivity index (χ0v) is 14.4. The van der Waals surface area contributed by atoms with Gasteiger partial charge in [-0.3, -0.25) is 9.59 Å². The Morgan fingerprint density at radius 3 is 2.68 bits per heavy atom. The fourth-order valence-corrected chi connectivity index (χ4v) is 2.94. The van der Waals surface area contributed by atoms with E-state index in [9.17, 15) is 9.59 Å². The zero-order valence-electron chi connectivity index (χ0n) is 14.4. The molecule has 0 radical (unpaired) electrons. The lowest BCUT2D eigenvalue weighted by molar-refractivity contribution is -0.124. The third kappa shape index (κ3) is 3.31. The van der Waals surface area contributed by atoms with Crippen molar-refractivity contribution in [1.29, 1.82) is 0 Å². The lowest BCUT2D eigenvalue weighted by atomic mass is 10.1. The average molecular weight is 340 g/mol. The van der Waals surface area contributed by atoms with Crippen molar-refractivity contribution < 1.29 is 14.0 Å². The van der Waals surface area contributed by atoms with Crippen molar-refractivity contribution in [2.24, 2.45) is 0 Å². The van der Waals surface area contributed by atoms with E-state index < -0.39 is 6.04 Å². The summed E-state index contributed by atoms with van der Waals surface area (Å²) in [5, 5.41) is 11.3. The predicted octanol–water partition coefficient (Wildman–Crippen LogP) is 2.80. The Hall–Kier alpha value is -2.96. The van der Waals surface area contributed by atoms with E-state index in [1.165, 1.54) is 6.92 Å². The molecule has 7 heteroatoms. The summed E-state index contributed by atoms with van der Waals surface area (Å²) in [6.07, 6.45) is 2.35. The van der Waals surface area contributed by atoms with Gasteiger partial charge in [-0.25, -0.2) is 0 Å². The van der Waals surface area contributed by atoms with Gasteiger partial charge in [0, 0.05) is 29.6 Å². The molecule has 3 rings (SSSR count). The lowest BCUT2D eigenvalue weighted by Crippen LogP contribution is -2.31. The van der Waals surface area contributed by atoms with Crippen molar-refractivity contribution in [2.75, 3.05) is 0 Å². The molecule has 2 heterocycles. The van der Waals surface area contributed by atoms with E-state index in [-0.39, 0.29) is 18.2 Å². The molecule has 0 spiro atoms. The molecule has 1 aromatic carbocycles. The fourth-order valence-electron chi connectivity index (χ4n) is 2.94. The highest BCUT2D eigenvalue weighted by molar-refractivity contribution is 6.07. The number of carbonyl (C=O) groups excluding carboxylic acids is 2. The molecule has 0 saturated carbocycles. The van der Waals surface area contributed by atoms with Crippen molar-refractivity contribution in [3.05, 3.63) is 47.8 Å². The molecule has 0 aliphatic rings. The SMILES string of the molecule is CC[C@H](C(=O)NCc1nnc(C)o1)n1cc(C(C)=O)c2ccccc21. The van der Waals surface area contributed by atoms with Gasteiger partial charge in [0.15, 0.2) is 5.78 Å². The summed E-state index contributed by atoms with van der Waals surface area (Å²) in [4.78, 5) is 24.6. The summed E-state index contributed by atoms with van der Waals surface area (Å²) in [6, 6.07) is 7.17. The van der Waals surface area contributed by atoms with Gasteiger partial charge in [0.25, 0.3) is 0 Å². The van der Waals surface area contributed by atoms with Gasteiger partial charge < -0.3 is 14.3 Å². The highest BCUT2D eigenvalue weighted by atomic mass is 16.4. The zero-order chi connectivity index (χ0) is 18.0. The summed E-state index contributed by atoms with van der Waals surface area (Å²) in [5.74, 6) is 0.641. The van der Waals surface area contributed by atoms with E-state index in [1.807, 2.05) is 35.8 Å². The van der Waals surface area contributed by atoms with Gasteiger partial charge in [-0.2, -0.15) is 0 Å². The maximum Gasteiger partial charge on any atom is 0.243 e. The molecule has 7 nitrogen and oxygen atoms in total. The standard InChI is InChI=1S/C18H20N4O3/c1-4-15(18(24)19-9-17-21-20-12(3)25-17)22-10-14(11(2)23)13-7-5-6-8-16(13)22/h5-8,10,15H,4,9H2,1-3H3,(H,19,24)/t15-/m1/s1. The molecule has 25 heavy (non-hydrogen) atoms. The van der Waals surface area contributed by atoms with Crippen molar-refractivity contribution in [3.8, 4) is 0 Å². The van der Waals surface area contributed by atoms with Crippen LogP contribution in [0, 0.1) is 6.92 Å². The number of ketones is 1. The smallest absolute Gasteiger partial charge is 0.243 e. The number of amides is 1. The van der Waals surface area contributed by atoms with Crippen LogP contribution in [0.4, 0.5) is 0 Å². The van der Waals surface area contributed by atoms with E-state index in [1.54, 1.807) is 13.1 Å². The fraction of sp³-hybridized carbons (Fsp3) is 0.333. The number of hydrogen-bond donors (Lipinski definition) is 1. The van der Waals surface area contributed by atoms with Gasteiger partial charge in [0.05, 0.1) is 6.54 Å². The predicted molar refractivity (Wildman–Crippen MR) is 92.2 cm³/mol. The topological polar surface area (TPSA) is 90.0 Å². The highest BCUT2D eigenvalue weighted by Gasteiger charge is 2.22. The van der Waals surface area contributed by atoms with Gasteiger partial charge in [0.2, 0.25) is 17.7 Å². The minimum Gasteiger partial charge on any atom is -0.424 e. The monoisotopic (exact) mass is 340 g/mol. The molecule has 0 bridgehead atoms. The lowest BCUT2D eigenvalue weighted by Gasteiger charge is -2.17. The Bertz CT molecular complexity index is 925. The molecular formula is C18H20N4O3. The first kappa shape index (κ1) is 16.9. The van der Waals surface area contributed by atoms with Crippen LogP contribution in [0.2, 0.25) is 0 Å². The second kappa shape index (κ2) is 6.88. The minimum atomic E-state index is -0.429. The largest absolute Gasteiger partial charge is 0.424 e. The maximum absolute atomic E-state index is 12.7. The van der Waals surface area contributed by atoms with Crippen molar-refractivity contribution in [3.63, 3.8) is 0 Å². The molecule has 130 valence electrons. The highest BCUT2D eigenvalue weighted by Crippen LogP contribution is 2.26. The van der Waals surface area contributed by atoms with Crippen LogP contribution in [-0.4, -0.2) is 26.5 Å². The van der Waals surface area contributed by atoms with Gasteiger partial charge >= 0.3 is 0 Å². The number of hydrogen-bond acceptors (Lipinski definition) is 5.